The lowest BCUT2D eigenvalue weighted by Gasteiger charge is -2.34. The van der Waals surface area contributed by atoms with Crippen molar-refractivity contribution in [1.29, 1.82) is 0 Å². The first-order valence-electron chi connectivity index (χ1n) is 7.46. The highest BCUT2D eigenvalue weighted by molar-refractivity contribution is 7.80. The van der Waals surface area contributed by atoms with Gasteiger partial charge in [0.05, 0.1) is 0 Å². The molecular weight excluding hydrogens is 306 g/mol. The fourth-order valence-electron chi connectivity index (χ4n) is 2.43. The summed E-state index contributed by atoms with van der Waals surface area (Å²) in [6.45, 7) is 6.13. The number of piperidine rings is 1. The smallest absolute Gasteiger partial charge is 0.232 e. The van der Waals surface area contributed by atoms with Gasteiger partial charge in [0.1, 0.15) is 11.0 Å². The number of thiocarbonyl (C=S) groups is 1. The summed E-state index contributed by atoms with van der Waals surface area (Å²) in [6.07, 6.45) is 4.65. The summed E-state index contributed by atoms with van der Waals surface area (Å²) in [5.41, 5.74) is 0. The molecule has 0 bridgehead atoms. The molecule has 0 aliphatic carbocycles. The fourth-order valence-corrected chi connectivity index (χ4v) is 2.80. The van der Waals surface area contributed by atoms with Crippen LogP contribution < -0.4 is 15.5 Å². The van der Waals surface area contributed by atoms with E-state index in [2.05, 4.69) is 39.3 Å². The van der Waals surface area contributed by atoms with E-state index in [1.54, 1.807) is 0 Å². The van der Waals surface area contributed by atoms with Gasteiger partial charge in [-0.15, -0.1) is 0 Å². The van der Waals surface area contributed by atoms with Crippen LogP contribution >= 0.6 is 23.8 Å². The Morgan fingerprint density at radius 2 is 2.29 bits per heavy atom. The van der Waals surface area contributed by atoms with E-state index in [4.69, 9.17) is 23.8 Å². The van der Waals surface area contributed by atoms with E-state index < -0.39 is 0 Å². The fraction of sp³-hybridized carbons (Fsp3) is 0.643. The third kappa shape index (κ3) is 4.68. The van der Waals surface area contributed by atoms with Crippen molar-refractivity contribution in [3.05, 3.63) is 11.2 Å². The third-order valence-corrected chi connectivity index (χ3v) is 3.98. The molecule has 7 heteroatoms. The molecule has 0 spiro atoms. The van der Waals surface area contributed by atoms with E-state index in [1.807, 2.05) is 6.07 Å². The first-order chi connectivity index (χ1) is 10.1. The molecule has 2 N–H and O–H groups in total. The molecule has 2 rings (SSSR count). The average Bonchev–Trinajstić information content (AvgIpc) is 2.45. The predicted octanol–water partition coefficient (Wildman–Crippen LogP) is 3.21. The molecule has 0 saturated carbocycles. The summed E-state index contributed by atoms with van der Waals surface area (Å²) in [6, 6.07) is 2.29. The van der Waals surface area contributed by atoms with Crippen LogP contribution in [0.3, 0.4) is 0 Å². The summed E-state index contributed by atoms with van der Waals surface area (Å²) < 4.78 is 0. The minimum absolute atomic E-state index is 0.429. The van der Waals surface area contributed by atoms with Crippen LogP contribution in [-0.4, -0.2) is 34.2 Å². The maximum Gasteiger partial charge on any atom is 0.232 e. The lowest BCUT2D eigenvalue weighted by molar-refractivity contribution is 0.481. The van der Waals surface area contributed by atoms with Crippen molar-refractivity contribution in [2.45, 2.75) is 45.6 Å². The van der Waals surface area contributed by atoms with Crippen molar-refractivity contribution in [2.24, 2.45) is 0 Å². The quantitative estimate of drug-likeness (QED) is 0.654. The van der Waals surface area contributed by atoms with E-state index in [-0.39, 0.29) is 0 Å². The predicted molar refractivity (Wildman–Crippen MR) is 92.2 cm³/mol. The first kappa shape index (κ1) is 16.2. The zero-order valence-electron chi connectivity index (χ0n) is 12.5. The number of hydrogen-bond donors (Lipinski definition) is 2. The van der Waals surface area contributed by atoms with Gasteiger partial charge in [-0.25, -0.2) is 4.98 Å². The highest BCUT2D eigenvalue weighted by Gasteiger charge is 2.20. The van der Waals surface area contributed by atoms with Gasteiger partial charge in [0.15, 0.2) is 5.11 Å². The second-order valence-corrected chi connectivity index (χ2v) is 6.09. The Balaban J connectivity index is 2.11. The Hall–Kier alpha value is -1.14. The number of hydrogen-bond acceptors (Lipinski definition) is 4. The van der Waals surface area contributed by atoms with Crippen molar-refractivity contribution in [3.8, 4) is 0 Å². The van der Waals surface area contributed by atoms with Crippen LogP contribution in [0.2, 0.25) is 5.15 Å². The molecule has 0 radical (unpaired) electrons. The van der Waals surface area contributed by atoms with Gasteiger partial charge in [-0.1, -0.05) is 18.5 Å². The highest BCUT2D eigenvalue weighted by Crippen LogP contribution is 2.25. The Morgan fingerprint density at radius 3 is 3.00 bits per heavy atom. The Kier molecular flexibility index (Phi) is 5.99. The summed E-state index contributed by atoms with van der Waals surface area (Å²) in [7, 11) is 0. The molecule has 1 aromatic rings. The van der Waals surface area contributed by atoms with Crippen molar-refractivity contribution in [1.82, 2.24) is 15.3 Å². The maximum atomic E-state index is 6.12. The van der Waals surface area contributed by atoms with Gasteiger partial charge in [-0.2, -0.15) is 4.98 Å². The minimum Gasteiger partial charge on any atom is -0.362 e. The Morgan fingerprint density at radius 1 is 1.48 bits per heavy atom. The number of anilines is 2. The van der Waals surface area contributed by atoms with Gasteiger partial charge in [0.25, 0.3) is 0 Å². The van der Waals surface area contributed by atoms with Crippen LogP contribution in [0.25, 0.3) is 0 Å². The number of rotatable bonds is 4. The van der Waals surface area contributed by atoms with Crippen LogP contribution in [0.1, 0.15) is 39.5 Å². The van der Waals surface area contributed by atoms with E-state index in [1.165, 1.54) is 19.3 Å². The molecular formula is C14H22ClN5S. The molecule has 1 aliphatic rings. The Labute approximate surface area is 136 Å². The van der Waals surface area contributed by atoms with Crippen molar-refractivity contribution in [3.63, 3.8) is 0 Å². The molecule has 5 nitrogen and oxygen atoms in total. The van der Waals surface area contributed by atoms with Crippen LogP contribution in [0, 0.1) is 0 Å². The second kappa shape index (κ2) is 7.75. The molecule has 0 unspecified atom stereocenters. The zero-order valence-corrected chi connectivity index (χ0v) is 14.1. The SMILES string of the molecule is CCCNC(=S)Nc1nc(Cl)cc(N2CCCC[C@H]2C)n1. The van der Waals surface area contributed by atoms with Gasteiger partial charge in [0, 0.05) is 25.2 Å². The molecule has 0 amide bonds. The first-order valence-corrected chi connectivity index (χ1v) is 8.25. The van der Waals surface area contributed by atoms with Crippen LogP contribution in [0.4, 0.5) is 11.8 Å². The molecule has 1 aromatic heterocycles. The molecule has 116 valence electrons. The van der Waals surface area contributed by atoms with Gasteiger partial charge in [-0.05, 0) is 44.8 Å². The molecule has 2 heterocycles. The standard InChI is InChI=1S/C14H22ClN5S/c1-3-7-16-14(21)19-13-17-11(15)9-12(18-13)20-8-5-4-6-10(20)2/h9-10H,3-8H2,1-2H3,(H2,16,17,18,19,21)/t10-/m1/s1. The van der Waals surface area contributed by atoms with Crippen molar-refractivity contribution < 1.29 is 0 Å². The minimum atomic E-state index is 0.429. The molecule has 1 aliphatic heterocycles. The molecule has 0 aromatic carbocycles. The maximum absolute atomic E-state index is 6.12. The Bertz CT molecular complexity index is 496. The summed E-state index contributed by atoms with van der Waals surface area (Å²) in [5, 5.41) is 7.04. The molecule has 1 fully saturated rings. The largest absolute Gasteiger partial charge is 0.362 e. The lowest BCUT2D eigenvalue weighted by atomic mass is 10.0. The third-order valence-electron chi connectivity index (χ3n) is 3.54. The monoisotopic (exact) mass is 327 g/mol. The summed E-state index contributed by atoms with van der Waals surface area (Å²) in [5.74, 6) is 1.31. The molecule has 21 heavy (non-hydrogen) atoms. The average molecular weight is 328 g/mol. The number of halogens is 1. The van der Waals surface area contributed by atoms with E-state index in [9.17, 15) is 0 Å². The number of aromatic nitrogens is 2. The second-order valence-electron chi connectivity index (χ2n) is 5.29. The number of nitrogens with one attached hydrogen (secondary N) is 2. The van der Waals surface area contributed by atoms with Gasteiger partial charge >= 0.3 is 0 Å². The highest BCUT2D eigenvalue weighted by atomic mass is 35.5. The van der Waals surface area contributed by atoms with E-state index in [0.717, 1.165) is 25.3 Å². The topological polar surface area (TPSA) is 53.1 Å². The van der Waals surface area contributed by atoms with Crippen molar-refractivity contribution >= 4 is 40.7 Å². The summed E-state index contributed by atoms with van der Waals surface area (Å²) in [4.78, 5) is 11.0. The molecule has 1 atom stereocenters. The van der Waals surface area contributed by atoms with Gasteiger partial charge < -0.3 is 15.5 Å². The van der Waals surface area contributed by atoms with Crippen LogP contribution in [0.15, 0.2) is 6.07 Å². The van der Waals surface area contributed by atoms with Crippen LogP contribution in [-0.2, 0) is 0 Å². The lowest BCUT2D eigenvalue weighted by Crippen LogP contribution is -2.38. The number of nitrogens with zero attached hydrogens (tertiary/aromatic N) is 3. The zero-order chi connectivity index (χ0) is 15.2. The summed E-state index contributed by atoms with van der Waals surface area (Å²) >= 11 is 11.3. The van der Waals surface area contributed by atoms with E-state index in [0.29, 0.717) is 22.3 Å². The normalized spacial score (nSPS) is 18.4. The van der Waals surface area contributed by atoms with Gasteiger partial charge in [0.2, 0.25) is 5.95 Å². The van der Waals surface area contributed by atoms with Crippen molar-refractivity contribution in [2.75, 3.05) is 23.3 Å². The molecule has 1 saturated heterocycles. The van der Waals surface area contributed by atoms with Gasteiger partial charge in [-0.3, -0.25) is 0 Å². The van der Waals surface area contributed by atoms with E-state index >= 15 is 0 Å². The van der Waals surface area contributed by atoms with Crippen LogP contribution in [0.5, 0.6) is 0 Å².